The molecule has 1 atom stereocenters. The van der Waals surface area contributed by atoms with E-state index in [9.17, 15) is 19.3 Å². The second kappa shape index (κ2) is 7.47. The SMILES string of the molecule is O=C(c1ccc([N+](=O)[O-])o1)N1CCCC(c2nnc(-c3ccccc3F)s2)C1. The van der Waals surface area contributed by atoms with Crippen molar-refractivity contribution in [1.29, 1.82) is 0 Å². The summed E-state index contributed by atoms with van der Waals surface area (Å²) in [6, 6.07) is 8.86. The molecule has 0 bridgehead atoms. The number of halogens is 1. The van der Waals surface area contributed by atoms with Gasteiger partial charge in [-0.15, -0.1) is 10.2 Å². The number of aromatic nitrogens is 2. The Bertz CT molecular complexity index is 1030. The zero-order valence-electron chi connectivity index (χ0n) is 14.6. The van der Waals surface area contributed by atoms with Crippen molar-refractivity contribution in [3.8, 4) is 10.6 Å². The second-order valence-electron chi connectivity index (χ2n) is 6.41. The van der Waals surface area contributed by atoms with Gasteiger partial charge in [0.2, 0.25) is 0 Å². The van der Waals surface area contributed by atoms with Crippen LogP contribution in [0, 0.1) is 15.9 Å². The first-order valence-electron chi connectivity index (χ1n) is 8.64. The molecule has 1 fully saturated rings. The van der Waals surface area contributed by atoms with E-state index in [1.807, 2.05) is 0 Å². The van der Waals surface area contributed by atoms with E-state index in [0.29, 0.717) is 23.7 Å². The second-order valence-corrected chi connectivity index (χ2v) is 7.42. The van der Waals surface area contributed by atoms with Gasteiger partial charge in [-0.05, 0) is 31.0 Å². The van der Waals surface area contributed by atoms with E-state index in [4.69, 9.17) is 4.42 Å². The maximum atomic E-state index is 14.0. The van der Waals surface area contributed by atoms with E-state index in [-0.39, 0.29) is 17.5 Å². The number of carbonyl (C=O) groups excluding carboxylic acids is 1. The van der Waals surface area contributed by atoms with Gasteiger partial charge in [0.15, 0.2) is 10.8 Å². The molecule has 10 heteroatoms. The molecule has 0 spiro atoms. The first-order valence-corrected chi connectivity index (χ1v) is 9.46. The summed E-state index contributed by atoms with van der Waals surface area (Å²) in [6.45, 7) is 0.933. The first kappa shape index (κ1) is 18.2. The molecule has 0 saturated carbocycles. The zero-order chi connectivity index (χ0) is 19.7. The number of hydrogen-bond acceptors (Lipinski definition) is 7. The Morgan fingerprint density at radius 2 is 2.11 bits per heavy atom. The minimum absolute atomic E-state index is 0.0272. The molecule has 0 aliphatic carbocycles. The minimum Gasteiger partial charge on any atom is -0.395 e. The van der Waals surface area contributed by atoms with Crippen molar-refractivity contribution in [2.24, 2.45) is 0 Å². The molecule has 1 saturated heterocycles. The van der Waals surface area contributed by atoms with Gasteiger partial charge in [-0.2, -0.15) is 0 Å². The van der Waals surface area contributed by atoms with Crippen LogP contribution in [0.5, 0.6) is 0 Å². The molecule has 3 aromatic rings. The topological polar surface area (TPSA) is 102 Å². The van der Waals surface area contributed by atoms with Crippen LogP contribution in [0.15, 0.2) is 40.8 Å². The van der Waals surface area contributed by atoms with Crippen LogP contribution in [0.25, 0.3) is 10.6 Å². The summed E-state index contributed by atoms with van der Waals surface area (Å²) in [6.07, 6.45) is 1.59. The van der Waals surface area contributed by atoms with Crippen LogP contribution in [0.1, 0.15) is 34.3 Å². The number of carbonyl (C=O) groups is 1. The molecule has 0 N–H and O–H groups in total. The zero-order valence-corrected chi connectivity index (χ0v) is 15.4. The predicted molar refractivity (Wildman–Crippen MR) is 98.5 cm³/mol. The number of nitrogens with zero attached hydrogens (tertiary/aromatic N) is 4. The summed E-state index contributed by atoms with van der Waals surface area (Å²) in [5.41, 5.74) is 0.401. The van der Waals surface area contributed by atoms with Crippen molar-refractivity contribution in [3.05, 3.63) is 63.1 Å². The monoisotopic (exact) mass is 402 g/mol. The van der Waals surface area contributed by atoms with Crippen LogP contribution in [-0.4, -0.2) is 39.0 Å². The number of rotatable bonds is 4. The summed E-state index contributed by atoms with van der Waals surface area (Å²) >= 11 is 1.31. The van der Waals surface area contributed by atoms with E-state index in [1.165, 1.54) is 29.5 Å². The molecule has 144 valence electrons. The van der Waals surface area contributed by atoms with Crippen LogP contribution < -0.4 is 0 Å². The fourth-order valence-corrected chi connectivity index (χ4v) is 4.20. The Balaban J connectivity index is 1.50. The third-order valence-corrected chi connectivity index (χ3v) is 5.70. The van der Waals surface area contributed by atoms with E-state index >= 15 is 0 Å². The van der Waals surface area contributed by atoms with Gasteiger partial charge in [0.1, 0.15) is 15.7 Å². The van der Waals surface area contributed by atoms with Gasteiger partial charge in [0.05, 0.1) is 6.07 Å². The van der Waals surface area contributed by atoms with E-state index in [2.05, 4.69) is 10.2 Å². The highest BCUT2D eigenvalue weighted by Gasteiger charge is 2.30. The van der Waals surface area contributed by atoms with Crippen molar-refractivity contribution < 1.29 is 18.5 Å². The summed E-state index contributed by atoms with van der Waals surface area (Å²) in [4.78, 5) is 24.3. The highest BCUT2D eigenvalue weighted by molar-refractivity contribution is 7.14. The maximum Gasteiger partial charge on any atom is 0.433 e. The normalized spacial score (nSPS) is 16.9. The van der Waals surface area contributed by atoms with Crippen LogP contribution in [-0.2, 0) is 0 Å². The molecular formula is C18H15FN4O4S. The largest absolute Gasteiger partial charge is 0.433 e. The molecule has 1 aliphatic heterocycles. The van der Waals surface area contributed by atoms with Gasteiger partial charge < -0.3 is 9.32 Å². The minimum atomic E-state index is -0.679. The van der Waals surface area contributed by atoms with E-state index in [1.54, 1.807) is 23.1 Å². The molecule has 28 heavy (non-hydrogen) atoms. The molecule has 1 amide bonds. The summed E-state index contributed by atoms with van der Waals surface area (Å²) in [5, 5.41) is 20.3. The summed E-state index contributed by atoms with van der Waals surface area (Å²) in [5.74, 6) is -1.30. The first-order chi connectivity index (χ1) is 13.5. The molecule has 4 rings (SSSR count). The lowest BCUT2D eigenvalue weighted by Gasteiger charge is -2.30. The Morgan fingerprint density at radius 1 is 1.29 bits per heavy atom. The quantitative estimate of drug-likeness (QED) is 0.485. The molecule has 1 aliphatic rings. The summed E-state index contributed by atoms with van der Waals surface area (Å²) < 4.78 is 19.0. The number of hydrogen-bond donors (Lipinski definition) is 0. The fraction of sp³-hybridized carbons (Fsp3) is 0.278. The van der Waals surface area contributed by atoms with Crippen molar-refractivity contribution in [2.75, 3.05) is 13.1 Å². The number of nitro groups is 1. The smallest absolute Gasteiger partial charge is 0.395 e. The average Bonchev–Trinajstić information content (AvgIpc) is 3.38. The van der Waals surface area contributed by atoms with Crippen molar-refractivity contribution in [3.63, 3.8) is 0 Å². The molecule has 8 nitrogen and oxygen atoms in total. The predicted octanol–water partition coefficient (Wildman–Crippen LogP) is 3.87. The lowest BCUT2D eigenvalue weighted by Crippen LogP contribution is -2.38. The number of likely N-dealkylation sites (tertiary alicyclic amines) is 1. The Hall–Kier alpha value is -3.14. The van der Waals surface area contributed by atoms with Gasteiger partial charge in [-0.1, -0.05) is 23.5 Å². The van der Waals surface area contributed by atoms with Gasteiger partial charge in [0, 0.05) is 24.6 Å². The molecular weight excluding hydrogens is 387 g/mol. The summed E-state index contributed by atoms with van der Waals surface area (Å²) in [7, 11) is 0. The number of benzene rings is 1. The number of piperidine rings is 1. The molecule has 1 unspecified atom stereocenters. The molecule has 1 aromatic carbocycles. The van der Waals surface area contributed by atoms with Crippen LogP contribution in [0.4, 0.5) is 10.3 Å². The Labute approximate surface area is 162 Å². The Kier molecular flexibility index (Phi) is 4.86. The lowest BCUT2D eigenvalue weighted by molar-refractivity contribution is -0.402. The van der Waals surface area contributed by atoms with Gasteiger partial charge in [0.25, 0.3) is 5.91 Å². The van der Waals surface area contributed by atoms with E-state index < -0.39 is 16.7 Å². The molecule has 3 heterocycles. The third-order valence-electron chi connectivity index (χ3n) is 4.59. The standard InChI is InChI=1S/C18H15FN4O4S/c19-13-6-2-1-5-12(13)17-21-20-16(28-17)11-4-3-9-22(10-11)18(24)14-7-8-15(27-14)23(25)26/h1-2,5-8,11H,3-4,9-10H2. The van der Waals surface area contributed by atoms with Gasteiger partial charge >= 0.3 is 5.88 Å². The van der Waals surface area contributed by atoms with Crippen molar-refractivity contribution >= 4 is 23.1 Å². The highest BCUT2D eigenvalue weighted by atomic mass is 32.1. The fourth-order valence-electron chi connectivity index (χ4n) is 3.20. The van der Waals surface area contributed by atoms with Crippen LogP contribution in [0.3, 0.4) is 0 Å². The Morgan fingerprint density at radius 3 is 2.86 bits per heavy atom. The van der Waals surface area contributed by atoms with Gasteiger partial charge in [-0.25, -0.2) is 4.39 Å². The lowest BCUT2D eigenvalue weighted by atomic mass is 9.98. The van der Waals surface area contributed by atoms with Crippen molar-refractivity contribution in [2.45, 2.75) is 18.8 Å². The average molecular weight is 402 g/mol. The highest BCUT2D eigenvalue weighted by Crippen LogP contribution is 2.34. The van der Waals surface area contributed by atoms with Crippen LogP contribution in [0.2, 0.25) is 0 Å². The maximum absolute atomic E-state index is 14.0. The van der Waals surface area contributed by atoms with E-state index in [0.717, 1.165) is 17.8 Å². The molecule has 0 radical (unpaired) electrons. The van der Waals surface area contributed by atoms with Crippen LogP contribution >= 0.6 is 11.3 Å². The number of amides is 1. The third kappa shape index (κ3) is 3.50. The van der Waals surface area contributed by atoms with Gasteiger partial charge in [-0.3, -0.25) is 14.9 Å². The van der Waals surface area contributed by atoms with Crippen molar-refractivity contribution in [1.82, 2.24) is 15.1 Å². The molecule has 2 aromatic heterocycles. The number of furan rings is 1.